The predicted molar refractivity (Wildman–Crippen MR) is 123 cm³/mol. The summed E-state index contributed by atoms with van der Waals surface area (Å²) in [4.78, 5) is 11.5. The van der Waals surface area contributed by atoms with Gasteiger partial charge in [0.15, 0.2) is 5.96 Å². The molecular formula is C24H34N4O3. The third-order valence-corrected chi connectivity index (χ3v) is 5.22. The Morgan fingerprint density at radius 2 is 2.13 bits per heavy atom. The van der Waals surface area contributed by atoms with Crippen molar-refractivity contribution in [3.05, 3.63) is 58.8 Å². The number of guanidine groups is 1. The summed E-state index contributed by atoms with van der Waals surface area (Å²) in [5.41, 5.74) is 4.83. The molecule has 1 atom stereocenters. The molecule has 7 heteroatoms. The van der Waals surface area contributed by atoms with Crippen LogP contribution in [-0.2, 0) is 16.0 Å². The second-order valence-electron chi connectivity index (χ2n) is 7.68. The number of nitrogens with one attached hydrogen (secondary N) is 1. The lowest BCUT2D eigenvalue weighted by molar-refractivity contribution is -0.00834. The Labute approximate surface area is 185 Å². The molecule has 2 aromatic rings. The number of pyridine rings is 1. The van der Waals surface area contributed by atoms with E-state index in [-0.39, 0.29) is 6.10 Å². The molecule has 0 aliphatic carbocycles. The monoisotopic (exact) mass is 426 g/mol. The number of methoxy groups -OCH3 is 1. The summed E-state index contributed by atoms with van der Waals surface area (Å²) in [6.45, 7) is 11.0. The fraction of sp³-hybridized carbons (Fsp3) is 0.500. The molecule has 0 saturated carbocycles. The molecular weight excluding hydrogens is 392 g/mol. The highest BCUT2D eigenvalue weighted by atomic mass is 16.5. The van der Waals surface area contributed by atoms with Crippen LogP contribution in [0.15, 0.2) is 41.5 Å². The van der Waals surface area contributed by atoms with E-state index in [9.17, 15) is 0 Å². The topological polar surface area (TPSA) is 68.2 Å². The van der Waals surface area contributed by atoms with Crippen molar-refractivity contribution in [2.24, 2.45) is 4.99 Å². The minimum absolute atomic E-state index is 0.0448. The molecule has 1 saturated heterocycles. The second kappa shape index (κ2) is 11.7. The van der Waals surface area contributed by atoms with Crippen molar-refractivity contribution in [3.8, 4) is 5.88 Å². The van der Waals surface area contributed by atoms with Crippen LogP contribution in [0, 0.1) is 13.8 Å². The van der Waals surface area contributed by atoms with Crippen LogP contribution in [0.2, 0.25) is 0 Å². The van der Waals surface area contributed by atoms with Gasteiger partial charge >= 0.3 is 0 Å². The third kappa shape index (κ3) is 6.67. The Bertz CT molecular complexity index is 854. The maximum Gasteiger partial charge on any atom is 0.213 e. The molecule has 168 valence electrons. The molecule has 1 fully saturated rings. The van der Waals surface area contributed by atoms with E-state index in [1.807, 2.05) is 18.3 Å². The van der Waals surface area contributed by atoms with Crippen molar-refractivity contribution in [2.75, 3.05) is 46.6 Å². The van der Waals surface area contributed by atoms with Gasteiger partial charge in [0.2, 0.25) is 5.88 Å². The van der Waals surface area contributed by atoms with Crippen LogP contribution >= 0.6 is 0 Å². The fourth-order valence-corrected chi connectivity index (χ4v) is 3.63. The van der Waals surface area contributed by atoms with Gasteiger partial charge in [-0.15, -0.1) is 0 Å². The molecule has 1 aromatic carbocycles. The molecule has 0 spiro atoms. The number of morpholine rings is 1. The van der Waals surface area contributed by atoms with Gasteiger partial charge in [-0.1, -0.05) is 29.8 Å². The van der Waals surface area contributed by atoms with Crippen LogP contribution < -0.4 is 10.1 Å². The first-order valence-electron chi connectivity index (χ1n) is 10.9. The molecule has 1 aromatic heterocycles. The standard InChI is InChI=1S/C24H34N4O3/c1-5-25-24(27-16-20-7-9-23(26-15-20)31-13-12-29-4)28-10-11-30-22(17-28)21-8-6-18(2)14-19(21)3/h6-9,14-15,22H,5,10-13,16-17H2,1-4H3,(H,25,27). The van der Waals surface area contributed by atoms with Crippen LogP contribution in [-0.4, -0.2) is 62.4 Å². The van der Waals surface area contributed by atoms with Crippen molar-refractivity contribution in [2.45, 2.75) is 33.4 Å². The maximum absolute atomic E-state index is 6.10. The van der Waals surface area contributed by atoms with Gasteiger partial charge in [0.05, 0.1) is 26.3 Å². The zero-order valence-corrected chi connectivity index (χ0v) is 19.1. The normalized spacial score (nSPS) is 17.0. The fourth-order valence-electron chi connectivity index (χ4n) is 3.63. The summed E-state index contributed by atoms with van der Waals surface area (Å²) in [6.07, 6.45) is 1.86. The highest BCUT2D eigenvalue weighted by Crippen LogP contribution is 2.26. The predicted octanol–water partition coefficient (Wildman–Crippen LogP) is 3.26. The number of hydrogen-bond donors (Lipinski definition) is 1. The smallest absolute Gasteiger partial charge is 0.213 e. The molecule has 1 aliphatic rings. The lowest BCUT2D eigenvalue weighted by Gasteiger charge is -2.36. The van der Waals surface area contributed by atoms with E-state index < -0.39 is 0 Å². The van der Waals surface area contributed by atoms with E-state index in [1.165, 1.54) is 16.7 Å². The van der Waals surface area contributed by atoms with Crippen LogP contribution in [0.25, 0.3) is 0 Å². The van der Waals surface area contributed by atoms with Crippen molar-refractivity contribution in [1.82, 2.24) is 15.2 Å². The number of aryl methyl sites for hydroxylation is 2. The molecule has 0 bridgehead atoms. The summed E-state index contributed by atoms with van der Waals surface area (Å²) in [7, 11) is 1.65. The first kappa shape index (κ1) is 23.0. The average Bonchev–Trinajstić information content (AvgIpc) is 2.78. The van der Waals surface area contributed by atoms with E-state index >= 15 is 0 Å². The van der Waals surface area contributed by atoms with E-state index in [0.29, 0.717) is 32.2 Å². The highest BCUT2D eigenvalue weighted by Gasteiger charge is 2.25. The molecule has 1 unspecified atom stereocenters. The lowest BCUT2D eigenvalue weighted by atomic mass is 10.00. The summed E-state index contributed by atoms with van der Waals surface area (Å²) >= 11 is 0. The SMILES string of the molecule is CCNC(=NCc1ccc(OCCOC)nc1)N1CCOC(c2ccc(C)cc2C)C1. The Morgan fingerprint density at radius 1 is 1.26 bits per heavy atom. The number of nitrogens with zero attached hydrogens (tertiary/aromatic N) is 3. The van der Waals surface area contributed by atoms with Crippen LogP contribution in [0.1, 0.15) is 35.3 Å². The van der Waals surface area contributed by atoms with Gasteiger partial charge in [-0.05, 0) is 37.5 Å². The van der Waals surface area contributed by atoms with Crippen molar-refractivity contribution in [3.63, 3.8) is 0 Å². The average molecular weight is 427 g/mol. The third-order valence-electron chi connectivity index (χ3n) is 5.22. The number of aromatic nitrogens is 1. The zero-order valence-electron chi connectivity index (χ0n) is 19.1. The van der Waals surface area contributed by atoms with Crippen LogP contribution in [0.4, 0.5) is 0 Å². The minimum Gasteiger partial charge on any atom is -0.475 e. The van der Waals surface area contributed by atoms with Crippen molar-refractivity contribution in [1.29, 1.82) is 0 Å². The lowest BCUT2D eigenvalue weighted by Crippen LogP contribution is -2.48. The van der Waals surface area contributed by atoms with Crippen molar-refractivity contribution >= 4 is 5.96 Å². The Hall–Kier alpha value is -2.64. The zero-order chi connectivity index (χ0) is 22.1. The van der Waals surface area contributed by atoms with E-state index in [0.717, 1.165) is 31.2 Å². The van der Waals surface area contributed by atoms with Crippen LogP contribution in [0.3, 0.4) is 0 Å². The molecule has 2 heterocycles. The molecule has 7 nitrogen and oxygen atoms in total. The molecule has 3 rings (SSSR count). The summed E-state index contributed by atoms with van der Waals surface area (Å²) < 4.78 is 16.6. The Kier molecular flexibility index (Phi) is 8.67. The molecule has 31 heavy (non-hydrogen) atoms. The second-order valence-corrected chi connectivity index (χ2v) is 7.68. The first-order valence-corrected chi connectivity index (χ1v) is 10.9. The van der Waals surface area contributed by atoms with E-state index in [1.54, 1.807) is 7.11 Å². The minimum atomic E-state index is 0.0448. The van der Waals surface area contributed by atoms with Gasteiger partial charge in [0, 0.05) is 32.5 Å². The van der Waals surface area contributed by atoms with Gasteiger partial charge in [-0.3, -0.25) is 0 Å². The van der Waals surface area contributed by atoms with E-state index in [4.69, 9.17) is 19.2 Å². The largest absolute Gasteiger partial charge is 0.475 e. The summed E-state index contributed by atoms with van der Waals surface area (Å²) in [5.74, 6) is 1.50. The Morgan fingerprint density at radius 3 is 2.84 bits per heavy atom. The summed E-state index contributed by atoms with van der Waals surface area (Å²) in [5, 5.41) is 3.43. The number of ether oxygens (including phenoxy) is 3. The van der Waals surface area contributed by atoms with Gasteiger partial charge in [0.25, 0.3) is 0 Å². The first-order chi connectivity index (χ1) is 15.1. The molecule has 0 amide bonds. The number of hydrogen-bond acceptors (Lipinski definition) is 5. The summed E-state index contributed by atoms with van der Waals surface area (Å²) in [6, 6.07) is 10.4. The van der Waals surface area contributed by atoms with E-state index in [2.05, 4.69) is 54.2 Å². The number of rotatable bonds is 8. The van der Waals surface area contributed by atoms with Gasteiger partial charge in [-0.25, -0.2) is 9.98 Å². The molecule has 1 aliphatic heterocycles. The maximum atomic E-state index is 6.10. The highest BCUT2D eigenvalue weighted by molar-refractivity contribution is 5.80. The Balaban J connectivity index is 1.65. The van der Waals surface area contributed by atoms with Crippen LogP contribution in [0.5, 0.6) is 5.88 Å². The molecule has 1 N–H and O–H groups in total. The number of benzene rings is 1. The quantitative estimate of drug-likeness (QED) is 0.397. The number of aliphatic imine (C=N–C) groups is 1. The van der Waals surface area contributed by atoms with Gasteiger partial charge < -0.3 is 24.4 Å². The molecule has 0 radical (unpaired) electrons. The van der Waals surface area contributed by atoms with Gasteiger partial charge in [0.1, 0.15) is 12.7 Å². The van der Waals surface area contributed by atoms with Crippen molar-refractivity contribution < 1.29 is 14.2 Å². The van der Waals surface area contributed by atoms with Gasteiger partial charge in [-0.2, -0.15) is 0 Å².